The van der Waals surface area contributed by atoms with E-state index in [0.29, 0.717) is 29.2 Å². The van der Waals surface area contributed by atoms with Crippen LogP contribution in [-0.2, 0) is 9.59 Å². The number of nitrogens with one attached hydrogen (secondary N) is 1. The first kappa shape index (κ1) is 15.6. The number of rotatable bonds is 8. The van der Waals surface area contributed by atoms with E-state index in [1.165, 1.54) is 21.3 Å². The molecule has 1 aromatic rings. The van der Waals surface area contributed by atoms with Crippen molar-refractivity contribution in [3.05, 3.63) is 17.7 Å². The van der Waals surface area contributed by atoms with Crippen LogP contribution in [0.1, 0.15) is 18.0 Å². The van der Waals surface area contributed by atoms with Crippen LogP contribution >= 0.6 is 0 Å². The average Bonchev–Trinajstić information content (AvgIpc) is 2.44. The van der Waals surface area contributed by atoms with Crippen LogP contribution in [0.2, 0.25) is 0 Å². The van der Waals surface area contributed by atoms with Crippen molar-refractivity contribution < 1.29 is 28.9 Å². The van der Waals surface area contributed by atoms with Crippen molar-refractivity contribution in [2.24, 2.45) is 0 Å². The third kappa shape index (κ3) is 3.53. The predicted molar refractivity (Wildman–Crippen MR) is 70.3 cm³/mol. The molecule has 0 spiro atoms. The van der Waals surface area contributed by atoms with Gasteiger partial charge in [0.2, 0.25) is 6.41 Å². The van der Waals surface area contributed by atoms with E-state index >= 15 is 0 Å². The van der Waals surface area contributed by atoms with Crippen molar-refractivity contribution in [1.29, 1.82) is 0 Å². The topological polar surface area (TPSA) is 94.1 Å². The predicted octanol–water partition coefficient (Wildman–Crippen LogP) is 0.974. The summed E-state index contributed by atoms with van der Waals surface area (Å²) in [5, 5.41) is 11.4. The van der Waals surface area contributed by atoms with Gasteiger partial charge in [0.1, 0.15) is 5.75 Å². The Hall–Kier alpha value is -2.44. The molecule has 2 N–H and O–H groups in total. The van der Waals surface area contributed by atoms with Gasteiger partial charge in [-0.1, -0.05) is 0 Å². The standard InChI is InChI=1S/C13H17NO6/c1-18-10-6-12(20-3)11(19-2)4-8(10)9(14-7-15)5-13(16)17/h4,6-7,9H,5H2,1-3H3,(H,14,15)(H,16,17)/t9-/m0/s1. The molecule has 0 saturated heterocycles. The minimum atomic E-state index is -1.04. The maximum absolute atomic E-state index is 10.9. The molecule has 0 aliphatic carbocycles. The third-order valence-corrected chi connectivity index (χ3v) is 2.76. The molecule has 0 aromatic heterocycles. The van der Waals surface area contributed by atoms with Gasteiger partial charge in [-0.15, -0.1) is 0 Å². The van der Waals surface area contributed by atoms with E-state index in [4.69, 9.17) is 19.3 Å². The van der Waals surface area contributed by atoms with Crippen molar-refractivity contribution in [2.45, 2.75) is 12.5 Å². The SMILES string of the molecule is COc1cc(OC)c([C@H](CC(=O)O)NC=O)cc1OC. The number of amides is 1. The van der Waals surface area contributed by atoms with Gasteiger partial charge in [-0.2, -0.15) is 0 Å². The zero-order valence-electron chi connectivity index (χ0n) is 11.5. The smallest absolute Gasteiger partial charge is 0.305 e. The fourth-order valence-corrected chi connectivity index (χ4v) is 1.84. The molecule has 110 valence electrons. The Morgan fingerprint density at radius 1 is 1.20 bits per heavy atom. The van der Waals surface area contributed by atoms with Gasteiger partial charge < -0.3 is 24.6 Å². The number of carboxylic acid groups (broad SMARTS) is 1. The largest absolute Gasteiger partial charge is 0.496 e. The normalized spacial score (nSPS) is 11.3. The Bertz CT molecular complexity index is 488. The molecule has 1 amide bonds. The first-order chi connectivity index (χ1) is 9.57. The second kappa shape index (κ2) is 7.22. The molecule has 7 heteroatoms. The highest BCUT2D eigenvalue weighted by Crippen LogP contribution is 2.38. The molecule has 0 heterocycles. The molecule has 0 bridgehead atoms. The van der Waals surface area contributed by atoms with Crippen molar-refractivity contribution in [3.8, 4) is 17.2 Å². The Morgan fingerprint density at radius 2 is 1.75 bits per heavy atom. The Morgan fingerprint density at radius 3 is 2.20 bits per heavy atom. The highest BCUT2D eigenvalue weighted by Gasteiger charge is 2.21. The maximum atomic E-state index is 10.9. The van der Waals surface area contributed by atoms with Crippen LogP contribution in [-0.4, -0.2) is 38.8 Å². The van der Waals surface area contributed by atoms with Gasteiger partial charge in [-0.25, -0.2) is 0 Å². The second-order valence-electron chi connectivity index (χ2n) is 3.88. The Kier molecular flexibility index (Phi) is 5.64. The highest BCUT2D eigenvalue weighted by atomic mass is 16.5. The van der Waals surface area contributed by atoms with Crippen LogP contribution in [0.3, 0.4) is 0 Å². The number of hydrogen-bond donors (Lipinski definition) is 2. The van der Waals surface area contributed by atoms with Crippen LogP contribution in [0.15, 0.2) is 12.1 Å². The summed E-state index contributed by atoms with van der Waals surface area (Å²) in [6, 6.07) is 2.44. The van der Waals surface area contributed by atoms with Crippen LogP contribution in [0.25, 0.3) is 0 Å². The molecule has 0 aliphatic heterocycles. The number of hydrogen-bond acceptors (Lipinski definition) is 5. The molecule has 0 fully saturated rings. The summed E-state index contributed by atoms with van der Waals surface area (Å²) >= 11 is 0. The van der Waals surface area contributed by atoms with Crippen LogP contribution in [0.5, 0.6) is 17.2 Å². The van der Waals surface area contributed by atoms with E-state index in [-0.39, 0.29) is 6.42 Å². The van der Waals surface area contributed by atoms with Crippen LogP contribution in [0, 0.1) is 0 Å². The Balaban J connectivity index is 3.30. The summed E-state index contributed by atoms with van der Waals surface area (Å²) in [6.07, 6.45) is 0.175. The quantitative estimate of drug-likeness (QED) is 0.690. The van der Waals surface area contributed by atoms with Gasteiger partial charge in [0.15, 0.2) is 11.5 Å². The second-order valence-corrected chi connectivity index (χ2v) is 3.88. The van der Waals surface area contributed by atoms with Crippen LogP contribution < -0.4 is 19.5 Å². The van der Waals surface area contributed by atoms with Crippen molar-refractivity contribution in [1.82, 2.24) is 5.32 Å². The fourth-order valence-electron chi connectivity index (χ4n) is 1.84. The number of aliphatic carboxylic acids is 1. The fraction of sp³-hybridized carbons (Fsp3) is 0.385. The zero-order valence-corrected chi connectivity index (χ0v) is 11.5. The summed E-state index contributed by atoms with van der Waals surface area (Å²) in [5.41, 5.74) is 0.500. The van der Waals surface area contributed by atoms with Gasteiger partial charge in [-0.05, 0) is 6.07 Å². The molecule has 1 atom stereocenters. The molecule has 1 rings (SSSR count). The maximum Gasteiger partial charge on any atom is 0.305 e. The lowest BCUT2D eigenvalue weighted by atomic mass is 10.0. The van der Waals surface area contributed by atoms with Gasteiger partial charge >= 0.3 is 5.97 Å². The van der Waals surface area contributed by atoms with E-state index in [0.717, 1.165) is 0 Å². The van der Waals surface area contributed by atoms with Crippen molar-refractivity contribution in [2.75, 3.05) is 21.3 Å². The molecular weight excluding hydrogens is 266 g/mol. The molecule has 1 aromatic carbocycles. The minimum absolute atomic E-state index is 0.273. The molecular formula is C13H17NO6. The zero-order chi connectivity index (χ0) is 15.1. The molecule has 0 saturated carbocycles. The molecule has 0 unspecified atom stereocenters. The monoisotopic (exact) mass is 283 g/mol. The summed E-state index contributed by atoms with van der Waals surface area (Å²) in [4.78, 5) is 21.5. The van der Waals surface area contributed by atoms with Gasteiger partial charge in [0.25, 0.3) is 0 Å². The number of carboxylic acids is 1. The molecule has 20 heavy (non-hydrogen) atoms. The summed E-state index contributed by atoms with van der Waals surface area (Å²) in [7, 11) is 4.40. The summed E-state index contributed by atoms with van der Waals surface area (Å²) in [6.45, 7) is 0. The minimum Gasteiger partial charge on any atom is -0.496 e. The number of ether oxygens (including phenoxy) is 3. The Labute approximate surface area is 116 Å². The molecule has 0 radical (unpaired) electrons. The first-order valence-corrected chi connectivity index (χ1v) is 5.78. The number of carbonyl (C=O) groups is 2. The molecule has 0 aliphatic rings. The van der Waals surface area contributed by atoms with Crippen molar-refractivity contribution >= 4 is 12.4 Å². The lowest BCUT2D eigenvalue weighted by Crippen LogP contribution is -2.23. The number of methoxy groups -OCH3 is 3. The van der Waals surface area contributed by atoms with E-state index in [2.05, 4.69) is 5.32 Å². The van der Waals surface area contributed by atoms with E-state index in [1.807, 2.05) is 0 Å². The summed E-state index contributed by atoms with van der Waals surface area (Å²) < 4.78 is 15.5. The van der Waals surface area contributed by atoms with Crippen molar-refractivity contribution in [3.63, 3.8) is 0 Å². The van der Waals surface area contributed by atoms with E-state index < -0.39 is 12.0 Å². The third-order valence-electron chi connectivity index (χ3n) is 2.76. The van der Waals surface area contributed by atoms with Gasteiger partial charge in [-0.3, -0.25) is 9.59 Å². The lowest BCUT2D eigenvalue weighted by Gasteiger charge is -2.20. The average molecular weight is 283 g/mol. The van der Waals surface area contributed by atoms with E-state index in [1.54, 1.807) is 12.1 Å². The van der Waals surface area contributed by atoms with Crippen LogP contribution in [0.4, 0.5) is 0 Å². The highest BCUT2D eigenvalue weighted by molar-refractivity contribution is 5.69. The first-order valence-electron chi connectivity index (χ1n) is 5.78. The van der Waals surface area contributed by atoms with E-state index in [9.17, 15) is 9.59 Å². The number of benzene rings is 1. The summed E-state index contributed by atoms with van der Waals surface area (Å²) in [5.74, 6) is 0.240. The lowest BCUT2D eigenvalue weighted by molar-refractivity contribution is -0.137. The van der Waals surface area contributed by atoms with Gasteiger partial charge in [0, 0.05) is 11.6 Å². The number of carbonyl (C=O) groups excluding carboxylic acids is 1. The molecule has 7 nitrogen and oxygen atoms in total. The van der Waals surface area contributed by atoms with Gasteiger partial charge in [0.05, 0.1) is 33.8 Å².